The zero-order chi connectivity index (χ0) is 17.3. The van der Waals surface area contributed by atoms with Gasteiger partial charge in [-0.05, 0) is 49.6 Å². The Morgan fingerprint density at radius 1 is 1.16 bits per heavy atom. The molecule has 25 heavy (non-hydrogen) atoms. The fourth-order valence-corrected chi connectivity index (χ4v) is 3.82. The van der Waals surface area contributed by atoms with Crippen LogP contribution in [0.15, 0.2) is 36.4 Å². The largest absolute Gasteiger partial charge is 0.497 e. The fourth-order valence-electron chi connectivity index (χ4n) is 3.82. The Morgan fingerprint density at radius 2 is 2.00 bits per heavy atom. The number of aryl methyl sites for hydroxylation is 1. The summed E-state index contributed by atoms with van der Waals surface area (Å²) in [6.07, 6.45) is 4.88. The molecule has 0 amide bonds. The minimum atomic E-state index is 0.132. The molecule has 0 spiro atoms. The highest BCUT2D eigenvalue weighted by atomic mass is 16.5. The maximum atomic E-state index is 5.42. The molecule has 0 saturated heterocycles. The predicted octanol–water partition coefficient (Wildman–Crippen LogP) is 3.37. The maximum absolute atomic E-state index is 5.42. The lowest BCUT2D eigenvalue weighted by Crippen LogP contribution is -2.31. The summed E-state index contributed by atoms with van der Waals surface area (Å²) in [7, 11) is 1.72. The third-order valence-corrected chi connectivity index (χ3v) is 5.27. The van der Waals surface area contributed by atoms with Gasteiger partial charge in [-0.1, -0.05) is 25.0 Å². The molecule has 6 nitrogen and oxygen atoms in total. The van der Waals surface area contributed by atoms with Crippen molar-refractivity contribution in [2.75, 3.05) is 19.0 Å². The predicted molar refractivity (Wildman–Crippen MR) is 97.1 cm³/mol. The normalized spacial score (nSPS) is 16.2. The topological polar surface area (TPSA) is 64.3 Å². The van der Waals surface area contributed by atoms with Crippen LogP contribution in [-0.4, -0.2) is 33.5 Å². The highest BCUT2D eigenvalue weighted by Gasteiger charge is 2.35. The van der Waals surface area contributed by atoms with E-state index in [0.717, 1.165) is 29.6 Å². The summed E-state index contributed by atoms with van der Waals surface area (Å²) in [5, 5.41) is 16.3. The molecule has 1 fully saturated rings. The molecule has 6 heteroatoms. The van der Waals surface area contributed by atoms with E-state index in [-0.39, 0.29) is 5.41 Å². The molecule has 2 aromatic heterocycles. The number of hydrogen-bond donors (Lipinski definition) is 1. The lowest BCUT2D eigenvalue weighted by Gasteiger charge is -2.30. The number of anilines is 1. The Labute approximate surface area is 147 Å². The Bertz CT molecular complexity index is 882. The van der Waals surface area contributed by atoms with Crippen molar-refractivity contribution in [2.45, 2.75) is 38.0 Å². The molecular weight excluding hydrogens is 314 g/mol. The average molecular weight is 337 g/mol. The van der Waals surface area contributed by atoms with Gasteiger partial charge in [0.1, 0.15) is 11.6 Å². The molecule has 1 aromatic carbocycles. The average Bonchev–Trinajstić information content (AvgIpc) is 3.28. The Hall–Kier alpha value is -2.63. The van der Waals surface area contributed by atoms with E-state index >= 15 is 0 Å². The summed E-state index contributed by atoms with van der Waals surface area (Å²) in [6, 6.07) is 12.4. The van der Waals surface area contributed by atoms with Gasteiger partial charge in [-0.15, -0.1) is 15.3 Å². The molecule has 1 N–H and O–H groups in total. The van der Waals surface area contributed by atoms with Crippen LogP contribution in [0.3, 0.4) is 0 Å². The SMILES string of the molecule is COc1cccc(C2(CNc3ccc4nnc(C)n4n3)CCCC2)c1. The van der Waals surface area contributed by atoms with Crippen LogP contribution in [0, 0.1) is 6.92 Å². The first kappa shape index (κ1) is 15.9. The number of ether oxygens (including phenoxy) is 1. The molecule has 0 atom stereocenters. The van der Waals surface area contributed by atoms with E-state index in [1.165, 1.54) is 31.2 Å². The number of nitrogens with one attached hydrogen (secondary N) is 1. The molecule has 4 rings (SSSR count). The maximum Gasteiger partial charge on any atom is 0.178 e. The molecule has 0 aliphatic heterocycles. The number of methoxy groups -OCH3 is 1. The minimum Gasteiger partial charge on any atom is -0.497 e. The van der Waals surface area contributed by atoms with Gasteiger partial charge in [0.15, 0.2) is 11.5 Å². The summed E-state index contributed by atoms with van der Waals surface area (Å²) in [6.45, 7) is 2.77. The number of fused-ring (bicyclic) bond motifs is 1. The van der Waals surface area contributed by atoms with Gasteiger partial charge in [0.2, 0.25) is 0 Å². The first-order valence-corrected chi connectivity index (χ1v) is 8.78. The second kappa shape index (κ2) is 6.35. The monoisotopic (exact) mass is 337 g/mol. The Morgan fingerprint density at radius 3 is 2.80 bits per heavy atom. The summed E-state index contributed by atoms with van der Waals surface area (Å²) in [5.41, 5.74) is 2.25. The van der Waals surface area contributed by atoms with Crippen molar-refractivity contribution in [2.24, 2.45) is 0 Å². The number of rotatable bonds is 5. The van der Waals surface area contributed by atoms with Gasteiger partial charge in [0, 0.05) is 12.0 Å². The quantitative estimate of drug-likeness (QED) is 0.773. The molecule has 130 valence electrons. The van der Waals surface area contributed by atoms with Crippen LogP contribution >= 0.6 is 0 Å². The summed E-state index contributed by atoms with van der Waals surface area (Å²) in [5.74, 6) is 2.56. The number of benzene rings is 1. The molecule has 1 saturated carbocycles. The Kier molecular flexibility index (Phi) is 4.03. The zero-order valence-corrected chi connectivity index (χ0v) is 14.7. The van der Waals surface area contributed by atoms with E-state index in [4.69, 9.17) is 4.74 Å². The van der Waals surface area contributed by atoms with Gasteiger partial charge in [-0.3, -0.25) is 0 Å². The van der Waals surface area contributed by atoms with Crippen molar-refractivity contribution in [3.05, 3.63) is 47.8 Å². The van der Waals surface area contributed by atoms with E-state index in [1.54, 1.807) is 11.6 Å². The first-order valence-electron chi connectivity index (χ1n) is 8.78. The zero-order valence-electron chi connectivity index (χ0n) is 14.7. The number of nitrogens with zero attached hydrogens (tertiary/aromatic N) is 4. The highest BCUT2D eigenvalue weighted by Crippen LogP contribution is 2.42. The first-order chi connectivity index (χ1) is 12.2. The van der Waals surface area contributed by atoms with Gasteiger partial charge in [-0.25, -0.2) is 0 Å². The molecule has 0 bridgehead atoms. The van der Waals surface area contributed by atoms with Crippen molar-refractivity contribution < 1.29 is 4.74 Å². The van der Waals surface area contributed by atoms with Crippen molar-refractivity contribution in [1.82, 2.24) is 19.8 Å². The van der Waals surface area contributed by atoms with Crippen LogP contribution in [0.4, 0.5) is 5.82 Å². The lowest BCUT2D eigenvalue weighted by molar-refractivity contribution is 0.409. The van der Waals surface area contributed by atoms with Crippen molar-refractivity contribution >= 4 is 11.5 Å². The van der Waals surface area contributed by atoms with Gasteiger partial charge < -0.3 is 10.1 Å². The van der Waals surface area contributed by atoms with Crippen LogP contribution in [-0.2, 0) is 5.41 Å². The molecule has 2 heterocycles. The highest BCUT2D eigenvalue weighted by molar-refractivity contribution is 5.45. The molecular formula is C19H23N5O. The van der Waals surface area contributed by atoms with E-state index in [9.17, 15) is 0 Å². The van der Waals surface area contributed by atoms with Crippen LogP contribution in [0.25, 0.3) is 5.65 Å². The van der Waals surface area contributed by atoms with E-state index in [1.807, 2.05) is 25.1 Å². The van der Waals surface area contributed by atoms with Gasteiger partial charge in [-0.2, -0.15) is 4.52 Å². The number of aromatic nitrogens is 4. The number of hydrogen-bond acceptors (Lipinski definition) is 5. The summed E-state index contributed by atoms with van der Waals surface area (Å²) in [4.78, 5) is 0. The van der Waals surface area contributed by atoms with Crippen LogP contribution < -0.4 is 10.1 Å². The van der Waals surface area contributed by atoms with E-state index < -0.39 is 0 Å². The minimum absolute atomic E-state index is 0.132. The van der Waals surface area contributed by atoms with E-state index in [0.29, 0.717) is 0 Å². The fraction of sp³-hybridized carbons (Fsp3) is 0.421. The van der Waals surface area contributed by atoms with Crippen molar-refractivity contribution in [3.8, 4) is 5.75 Å². The lowest BCUT2D eigenvalue weighted by atomic mass is 9.78. The summed E-state index contributed by atoms with van der Waals surface area (Å²) < 4.78 is 7.20. The van der Waals surface area contributed by atoms with Gasteiger partial charge >= 0.3 is 0 Å². The second-order valence-electron chi connectivity index (χ2n) is 6.81. The molecule has 1 aliphatic rings. The third-order valence-electron chi connectivity index (χ3n) is 5.27. The standard InChI is InChI=1S/C19H23N5O/c1-14-21-22-18-9-8-17(23-24(14)18)20-13-19(10-3-4-11-19)15-6-5-7-16(12-15)25-2/h5-9,12H,3-4,10-11,13H2,1-2H3,(H,20,23). The molecule has 0 radical (unpaired) electrons. The van der Waals surface area contributed by atoms with Gasteiger partial charge in [0.05, 0.1) is 7.11 Å². The van der Waals surface area contributed by atoms with Crippen LogP contribution in [0.2, 0.25) is 0 Å². The Balaban J connectivity index is 1.59. The smallest absolute Gasteiger partial charge is 0.178 e. The van der Waals surface area contributed by atoms with Crippen LogP contribution in [0.5, 0.6) is 5.75 Å². The van der Waals surface area contributed by atoms with Gasteiger partial charge in [0.25, 0.3) is 0 Å². The van der Waals surface area contributed by atoms with Crippen molar-refractivity contribution in [3.63, 3.8) is 0 Å². The molecule has 0 unspecified atom stereocenters. The summed E-state index contributed by atoms with van der Waals surface area (Å²) >= 11 is 0. The second-order valence-corrected chi connectivity index (χ2v) is 6.81. The molecule has 3 aromatic rings. The molecule has 1 aliphatic carbocycles. The van der Waals surface area contributed by atoms with Crippen molar-refractivity contribution in [1.29, 1.82) is 0 Å². The third kappa shape index (κ3) is 2.92. The van der Waals surface area contributed by atoms with Crippen LogP contribution in [0.1, 0.15) is 37.1 Å². The van der Waals surface area contributed by atoms with E-state index in [2.05, 4.69) is 38.8 Å².